The minimum Gasteiger partial charge on any atom is -0.301 e. The fourth-order valence-electron chi connectivity index (χ4n) is 2.25. The van der Waals surface area contributed by atoms with E-state index >= 15 is 0 Å². The summed E-state index contributed by atoms with van der Waals surface area (Å²) in [5, 5.41) is 1.17. The van der Waals surface area contributed by atoms with Crippen LogP contribution in [0.5, 0.6) is 0 Å². The first-order valence-electron chi connectivity index (χ1n) is 6.14. The van der Waals surface area contributed by atoms with Crippen molar-refractivity contribution in [3.8, 4) is 0 Å². The van der Waals surface area contributed by atoms with Gasteiger partial charge in [-0.25, -0.2) is 0 Å². The number of likely N-dealkylation sites (tertiary alicyclic amines) is 1. The van der Waals surface area contributed by atoms with Gasteiger partial charge >= 0.3 is 0 Å². The molecule has 0 radical (unpaired) electrons. The average Bonchev–Trinajstić information content (AvgIpc) is 2.39. The Morgan fingerprint density at radius 1 is 1.14 bits per heavy atom. The Labute approximate surface area is 97.4 Å². The Bertz CT molecular complexity index is 138. The minimum atomic E-state index is 0.835. The predicted molar refractivity (Wildman–Crippen MR) is 67.1 cm³/mol. The molecule has 1 aliphatic heterocycles. The van der Waals surface area contributed by atoms with Gasteiger partial charge in [0, 0.05) is 11.4 Å². The van der Waals surface area contributed by atoms with E-state index in [2.05, 4.69) is 27.8 Å². The maximum absolute atomic E-state index is 3.49. The zero-order valence-corrected chi connectivity index (χ0v) is 11.1. The van der Waals surface area contributed by atoms with E-state index in [1.165, 1.54) is 63.4 Å². The maximum Gasteiger partial charge on any atom is 0.00669 e. The van der Waals surface area contributed by atoms with Gasteiger partial charge in [-0.3, -0.25) is 0 Å². The summed E-state index contributed by atoms with van der Waals surface area (Å²) < 4.78 is 0. The highest BCUT2D eigenvalue weighted by Gasteiger charge is 2.15. The summed E-state index contributed by atoms with van der Waals surface area (Å²) in [5.41, 5.74) is 0. The van der Waals surface area contributed by atoms with Crippen LogP contribution in [0.2, 0.25) is 0 Å². The van der Waals surface area contributed by atoms with E-state index in [0.29, 0.717) is 0 Å². The molecule has 1 saturated heterocycles. The SMILES string of the molecule is CC1CCCCCN1CCCCCBr. The summed E-state index contributed by atoms with van der Waals surface area (Å²) in [6.07, 6.45) is 9.83. The van der Waals surface area contributed by atoms with Gasteiger partial charge in [-0.05, 0) is 45.7 Å². The first kappa shape index (κ1) is 12.5. The second-order valence-corrected chi connectivity index (χ2v) is 5.28. The second-order valence-electron chi connectivity index (χ2n) is 4.48. The Hall–Kier alpha value is 0.440. The summed E-state index contributed by atoms with van der Waals surface area (Å²) in [7, 11) is 0. The van der Waals surface area contributed by atoms with Crippen LogP contribution in [0.15, 0.2) is 0 Å². The third-order valence-corrected chi connectivity index (χ3v) is 3.83. The Morgan fingerprint density at radius 2 is 2.00 bits per heavy atom. The lowest BCUT2D eigenvalue weighted by Gasteiger charge is -2.26. The smallest absolute Gasteiger partial charge is 0.00669 e. The largest absolute Gasteiger partial charge is 0.301 e. The van der Waals surface area contributed by atoms with Crippen LogP contribution >= 0.6 is 15.9 Å². The number of rotatable bonds is 5. The normalized spacial score (nSPS) is 24.9. The van der Waals surface area contributed by atoms with Crippen molar-refractivity contribution >= 4 is 15.9 Å². The maximum atomic E-state index is 3.49. The molecule has 0 aromatic carbocycles. The van der Waals surface area contributed by atoms with Crippen molar-refractivity contribution in [3.05, 3.63) is 0 Å². The van der Waals surface area contributed by atoms with E-state index in [1.807, 2.05) is 0 Å². The molecule has 1 aliphatic rings. The van der Waals surface area contributed by atoms with Gasteiger partial charge in [-0.2, -0.15) is 0 Å². The summed E-state index contributed by atoms with van der Waals surface area (Å²) in [5.74, 6) is 0. The van der Waals surface area contributed by atoms with Gasteiger partial charge < -0.3 is 4.90 Å². The lowest BCUT2D eigenvalue weighted by Crippen LogP contribution is -2.33. The van der Waals surface area contributed by atoms with Gasteiger partial charge in [-0.15, -0.1) is 0 Å². The van der Waals surface area contributed by atoms with Gasteiger partial charge in [0.15, 0.2) is 0 Å². The fraction of sp³-hybridized carbons (Fsp3) is 1.00. The van der Waals surface area contributed by atoms with Crippen LogP contribution in [0.25, 0.3) is 0 Å². The van der Waals surface area contributed by atoms with E-state index in [1.54, 1.807) is 0 Å². The molecule has 1 rings (SSSR count). The molecular weight excluding hydrogens is 238 g/mol. The molecule has 1 fully saturated rings. The van der Waals surface area contributed by atoms with Gasteiger partial charge in [0.2, 0.25) is 0 Å². The molecule has 0 bridgehead atoms. The van der Waals surface area contributed by atoms with Gasteiger partial charge in [0.25, 0.3) is 0 Å². The van der Waals surface area contributed by atoms with Crippen LogP contribution in [0.4, 0.5) is 0 Å². The summed E-state index contributed by atoms with van der Waals surface area (Å²) in [6, 6.07) is 0.835. The second kappa shape index (κ2) is 7.70. The van der Waals surface area contributed by atoms with Crippen molar-refractivity contribution in [3.63, 3.8) is 0 Å². The molecule has 1 heterocycles. The Morgan fingerprint density at radius 3 is 2.79 bits per heavy atom. The molecule has 14 heavy (non-hydrogen) atoms. The van der Waals surface area contributed by atoms with Crippen LogP contribution in [-0.2, 0) is 0 Å². The predicted octanol–water partition coefficient (Wildman–Crippen LogP) is 3.82. The zero-order valence-electron chi connectivity index (χ0n) is 9.47. The number of alkyl halides is 1. The van der Waals surface area contributed by atoms with E-state index in [0.717, 1.165) is 6.04 Å². The van der Waals surface area contributed by atoms with E-state index in [-0.39, 0.29) is 0 Å². The number of hydrogen-bond acceptors (Lipinski definition) is 1. The van der Waals surface area contributed by atoms with Crippen molar-refractivity contribution in [2.24, 2.45) is 0 Å². The highest BCUT2D eigenvalue weighted by atomic mass is 79.9. The van der Waals surface area contributed by atoms with Crippen molar-refractivity contribution < 1.29 is 0 Å². The van der Waals surface area contributed by atoms with Crippen LogP contribution in [0, 0.1) is 0 Å². The van der Waals surface area contributed by atoms with Crippen molar-refractivity contribution in [2.45, 2.75) is 57.9 Å². The fourth-order valence-corrected chi connectivity index (χ4v) is 2.65. The molecule has 0 N–H and O–H groups in total. The first-order chi connectivity index (χ1) is 6.84. The van der Waals surface area contributed by atoms with Crippen LogP contribution in [0.3, 0.4) is 0 Å². The Balaban J connectivity index is 2.13. The summed E-state index contributed by atoms with van der Waals surface area (Å²) >= 11 is 3.49. The van der Waals surface area contributed by atoms with Gasteiger partial charge in [-0.1, -0.05) is 35.2 Å². The third kappa shape index (κ3) is 4.79. The molecule has 0 amide bonds. The van der Waals surface area contributed by atoms with E-state index in [4.69, 9.17) is 0 Å². The number of unbranched alkanes of at least 4 members (excludes halogenated alkanes) is 2. The van der Waals surface area contributed by atoms with E-state index < -0.39 is 0 Å². The topological polar surface area (TPSA) is 3.24 Å². The molecule has 2 heteroatoms. The number of halogens is 1. The molecule has 0 aliphatic carbocycles. The molecule has 0 spiro atoms. The highest BCUT2D eigenvalue weighted by molar-refractivity contribution is 9.09. The quantitative estimate of drug-likeness (QED) is 0.538. The molecular formula is C12H24BrN. The molecule has 0 aromatic heterocycles. The van der Waals surface area contributed by atoms with Gasteiger partial charge in [0.05, 0.1) is 0 Å². The van der Waals surface area contributed by atoms with Gasteiger partial charge in [0.1, 0.15) is 0 Å². The number of nitrogens with zero attached hydrogens (tertiary/aromatic N) is 1. The summed E-state index contributed by atoms with van der Waals surface area (Å²) in [6.45, 7) is 5.07. The van der Waals surface area contributed by atoms with Crippen LogP contribution < -0.4 is 0 Å². The number of hydrogen-bond donors (Lipinski definition) is 0. The molecule has 1 nitrogen and oxygen atoms in total. The first-order valence-corrected chi connectivity index (χ1v) is 7.26. The highest BCUT2D eigenvalue weighted by Crippen LogP contribution is 2.16. The van der Waals surface area contributed by atoms with Crippen molar-refractivity contribution in [1.29, 1.82) is 0 Å². The molecule has 0 saturated carbocycles. The molecule has 0 aromatic rings. The Kier molecular flexibility index (Phi) is 6.88. The van der Waals surface area contributed by atoms with E-state index in [9.17, 15) is 0 Å². The van der Waals surface area contributed by atoms with Crippen LogP contribution in [-0.4, -0.2) is 29.4 Å². The standard InChI is InChI=1S/C12H24BrN/c1-12-8-4-2-6-10-14(12)11-7-3-5-9-13/h12H,2-11H2,1H3. The molecule has 1 unspecified atom stereocenters. The monoisotopic (exact) mass is 261 g/mol. The zero-order chi connectivity index (χ0) is 10.2. The summed E-state index contributed by atoms with van der Waals surface area (Å²) in [4.78, 5) is 2.70. The molecule has 84 valence electrons. The third-order valence-electron chi connectivity index (χ3n) is 3.27. The average molecular weight is 262 g/mol. The van der Waals surface area contributed by atoms with Crippen molar-refractivity contribution in [2.75, 3.05) is 18.4 Å². The lowest BCUT2D eigenvalue weighted by molar-refractivity contribution is 0.209. The molecule has 1 atom stereocenters. The van der Waals surface area contributed by atoms with Crippen molar-refractivity contribution in [1.82, 2.24) is 4.90 Å². The lowest BCUT2D eigenvalue weighted by atomic mass is 10.1. The minimum absolute atomic E-state index is 0.835. The van der Waals surface area contributed by atoms with Crippen LogP contribution in [0.1, 0.15) is 51.9 Å².